The van der Waals surface area contributed by atoms with Gasteiger partial charge in [0.2, 0.25) is 10.0 Å². The summed E-state index contributed by atoms with van der Waals surface area (Å²) in [6, 6.07) is 3.80. The molecule has 0 radical (unpaired) electrons. The van der Waals surface area contributed by atoms with Gasteiger partial charge in [-0.2, -0.15) is 4.31 Å². The van der Waals surface area contributed by atoms with Crippen molar-refractivity contribution in [3.63, 3.8) is 0 Å². The van der Waals surface area contributed by atoms with Crippen LogP contribution >= 0.6 is 15.9 Å². The minimum atomic E-state index is -3.74. The number of nitrogens with two attached hydrogens (primary N) is 1. The lowest BCUT2D eigenvalue weighted by atomic mass is 10.3. The first kappa shape index (κ1) is 15.9. The summed E-state index contributed by atoms with van der Waals surface area (Å²) in [7, 11) is -7.21. The highest BCUT2D eigenvalue weighted by atomic mass is 79.9. The van der Waals surface area contributed by atoms with Crippen molar-refractivity contribution in [1.29, 1.82) is 0 Å². The van der Waals surface area contributed by atoms with Crippen LogP contribution in [0, 0.1) is 0 Å². The minimum Gasteiger partial charge on any atom is -0.326 e. The maximum Gasteiger partial charge on any atom is 0.244 e. The van der Waals surface area contributed by atoms with Gasteiger partial charge in [-0.15, -0.1) is 0 Å². The molecule has 0 aromatic heterocycles. The number of sulfonamides is 1. The molecule has 2 rings (SSSR count). The van der Waals surface area contributed by atoms with Gasteiger partial charge in [0.1, 0.15) is 0 Å². The first-order chi connectivity index (χ1) is 9.12. The second-order valence-corrected chi connectivity index (χ2v) is 9.55. The molecule has 0 bridgehead atoms. The van der Waals surface area contributed by atoms with Gasteiger partial charge in [0.05, 0.1) is 9.79 Å². The van der Waals surface area contributed by atoms with Crippen LogP contribution in [0.3, 0.4) is 0 Å². The summed E-state index contributed by atoms with van der Waals surface area (Å²) in [6.45, 7) is 0.594. The first-order valence-corrected chi connectivity index (χ1v) is 10.00. The van der Waals surface area contributed by atoms with Crippen molar-refractivity contribution in [3.05, 3.63) is 22.7 Å². The Balaban J connectivity index is 2.52. The summed E-state index contributed by atoms with van der Waals surface area (Å²) in [6.07, 6.45) is 1.64. The van der Waals surface area contributed by atoms with Crippen molar-refractivity contribution in [3.8, 4) is 0 Å². The van der Waals surface area contributed by atoms with Crippen LogP contribution in [0.2, 0.25) is 0 Å². The lowest BCUT2D eigenvalue weighted by Crippen LogP contribution is -2.32. The molecule has 1 aromatic carbocycles. The van der Waals surface area contributed by atoms with Gasteiger partial charge in [-0.1, -0.05) is 0 Å². The molecule has 0 aliphatic carbocycles. The van der Waals surface area contributed by atoms with Crippen molar-refractivity contribution in [2.45, 2.75) is 22.3 Å². The molecule has 1 fully saturated rings. The second kappa shape index (κ2) is 5.38. The van der Waals surface area contributed by atoms with Crippen LogP contribution in [0.4, 0.5) is 0 Å². The maximum absolute atomic E-state index is 12.5. The van der Waals surface area contributed by atoms with Crippen LogP contribution in [0.1, 0.15) is 6.42 Å². The molecule has 1 heterocycles. The van der Waals surface area contributed by atoms with E-state index in [1.165, 1.54) is 22.5 Å². The summed E-state index contributed by atoms with van der Waals surface area (Å²) in [5, 5.41) is 0. The average molecular weight is 383 g/mol. The normalized spacial score (nSPS) is 21.2. The van der Waals surface area contributed by atoms with Crippen molar-refractivity contribution >= 4 is 35.8 Å². The molecule has 1 atom stereocenters. The Morgan fingerprint density at radius 1 is 1.30 bits per heavy atom. The van der Waals surface area contributed by atoms with Crippen LogP contribution < -0.4 is 5.73 Å². The first-order valence-electron chi connectivity index (χ1n) is 5.88. The lowest BCUT2D eigenvalue weighted by molar-refractivity contribution is 0.472. The molecule has 6 nitrogen and oxygen atoms in total. The van der Waals surface area contributed by atoms with Crippen LogP contribution in [-0.2, 0) is 19.9 Å². The van der Waals surface area contributed by atoms with E-state index < -0.39 is 19.9 Å². The number of halogens is 1. The maximum atomic E-state index is 12.5. The predicted octanol–water partition coefficient (Wildman–Crippen LogP) is 0.574. The standard InChI is InChI=1S/C11H15BrN2O4S2/c1-19(15,16)9-2-3-10(12)11(6-9)20(17,18)14-5-4-8(13)7-14/h2-3,6,8H,4-5,7,13H2,1H3/t8-/m0/s1. The molecule has 1 aliphatic rings. The molecule has 9 heteroatoms. The van der Waals surface area contributed by atoms with Crippen LogP contribution in [0.25, 0.3) is 0 Å². The summed E-state index contributed by atoms with van der Waals surface area (Å²) in [4.78, 5) is -0.0719. The Hall–Kier alpha value is -0.480. The second-order valence-electron chi connectivity index (χ2n) is 4.78. The van der Waals surface area contributed by atoms with Gasteiger partial charge in [0.25, 0.3) is 0 Å². The zero-order valence-corrected chi connectivity index (χ0v) is 14.0. The Labute approximate surface area is 127 Å². The van der Waals surface area contributed by atoms with E-state index in [0.29, 0.717) is 17.4 Å². The van der Waals surface area contributed by atoms with E-state index in [1.54, 1.807) is 0 Å². The van der Waals surface area contributed by atoms with Gasteiger partial charge in [0, 0.05) is 29.9 Å². The molecule has 2 N–H and O–H groups in total. The molecule has 1 aromatic rings. The van der Waals surface area contributed by atoms with Gasteiger partial charge in [0.15, 0.2) is 9.84 Å². The van der Waals surface area contributed by atoms with E-state index in [1.807, 2.05) is 0 Å². The SMILES string of the molecule is CS(=O)(=O)c1ccc(Br)c(S(=O)(=O)N2CC[C@H](N)C2)c1. The smallest absolute Gasteiger partial charge is 0.244 e. The molecular formula is C11H15BrN2O4S2. The fourth-order valence-electron chi connectivity index (χ4n) is 2.02. The minimum absolute atomic E-state index is 0.0252. The summed E-state index contributed by atoms with van der Waals surface area (Å²) in [5.41, 5.74) is 5.72. The van der Waals surface area contributed by atoms with Crippen molar-refractivity contribution in [2.24, 2.45) is 5.73 Å². The molecule has 0 unspecified atom stereocenters. The number of rotatable bonds is 3. The Morgan fingerprint density at radius 3 is 2.45 bits per heavy atom. The molecule has 112 valence electrons. The third-order valence-electron chi connectivity index (χ3n) is 3.14. The van der Waals surface area contributed by atoms with Crippen molar-refractivity contribution < 1.29 is 16.8 Å². The summed E-state index contributed by atoms with van der Waals surface area (Å²) in [5.74, 6) is 0. The van der Waals surface area contributed by atoms with E-state index in [9.17, 15) is 16.8 Å². The Bertz CT molecular complexity index is 731. The van der Waals surface area contributed by atoms with Gasteiger partial charge in [-0.3, -0.25) is 0 Å². The zero-order valence-electron chi connectivity index (χ0n) is 10.8. The molecule has 0 spiro atoms. The van der Waals surface area contributed by atoms with Crippen LogP contribution in [0.15, 0.2) is 32.5 Å². The molecule has 0 amide bonds. The third kappa shape index (κ3) is 3.06. The summed E-state index contributed by atoms with van der Waals surface area (Å²) >= 11 is 3.16. The quantitative estimate of drug-likeness (QED) is 0.823. The Morgan fingerprint density at radius 2 is 1.95 bits per heavy atom. The molecule has 1 aliphatic heterocycles. The zero-order chi connectivity index (χ0) is 15.1. The topological polar surface area (TPSA) is 97.5 Å². The number of benzene rings is 1. The van der Waals surface area contributed by atoms with Crippen molar-refractivity contribution in [2.75, 3.05) is 19.3 Å². The highest BCUT2D eigenvalue weighted by molar-refractivity contribution is 9.10. The number of hydrogen-bond acceptors (Lipinski definition) is 5. The van der Waals surface area contributed by atoms with Gasteiger partial charge < -0.3 is 5.73 Å². The average Bonchev–Trinajstić information content (AvgIpc) is 2.75. The Kier molecular flexibility index (Phi) is 4.27. The fourth-order valence-corrected chi connectivity index (χ4v) is 5.21. The molecular weight excluding hydrogens is 368 g/mol. The number of nitrogens with zero attached hydrogens (tertiary/aromatic N) is 1. The van der Waals surface area contributed by atoms with Crippen LogP contribution in [-0.4, -0.2) is 46.5 Å². The highest BCUT2D eigenvalue weighted by Gasteiger charge is 2.32. The molecule has 0 saturated carbocycles. The van der Waals surface area contributed by atoms with E-state index in [4.69, 9.17) is 5.73 Å². The third-order valence-corrected chi connectivity index (χ3v) is 7.11. The van der Waals surface area contributed by atoms with Gasteiger partial charge in [-0.25, -0.2) is 16.8 Å². The monoisotopic (exact) mass is 382 g/mol. The van der Waals surface area contributed by atoms with Crippen LogP contribution in [0.5, 0.6) is 0 Å². The highest BCUT2D eigenvalue weighted by Crippen LogP contribution is 2.29. The van der Waals surface area contributed by atoms with E-state index in [2.05, 4.69) is 15.9 Å². The largest absolute Gasteiger partial charge is 0.326 e. The van der Waals surface area contributed by atoms with E-state index in [-0.39, 0.29) is 22.4 Å². The fraction of sp³-hybridized carbons (Fsp3) is 0.455. The van der Waals surface area contributed by atoms with Gasteiger partial charge >= 0.3 is 0 Å². The van der Waals surface area contributed by atoms with E-state index >= 15 is 0 Å². The van der Waals surface area contributed by atoms with E-state index in [0.717, 1.165) is 6.26 Å². The van der Waals surface area contributed by atoms with Gasteiger partial charge in [-0.05, 0) is 40.5 Å². The lowest BCUT2D eigenvalue weighted by Gasteiger charge is -2.17. The number of sulfone groups is 1. The molecule has 20 heavy (non-hydrogen) atoms. The predicted molar refractivity (Wildman–Crippen MR) is 78.6 cm³/mol. The number of hydrogen-bond donors (Lipinski definition) is 1. The molecule has 1 saturated heterocycles. The summed E-state index contributed by atoms with van der Waals surface area (Å²) < 4.78 is 49.8. The van der Waals surface area contributed by atoms with Crippen molar-refractivity contribution in [1.82, 2.24) is 4.31 Å².